The molecular formula is C29H27F3N8OS. The second-order valence-corrected chi connectivity index (χ2v) is 10.5. The number of benzene rings is 2. The molecule has 0 spiro atoms. The summed E-state index contributed by atoms with van der Waals surface area (Å²) in [6, 6.07) is 12.8. The van der Waals surface area contributed by atoms with Gasteiger partial charge in [0, 0.05) is 48.1 Å². The molecule has 9 nitrogen and oxygen atoms in total. The van der Waals surface area contributed by atoms with E-state index in [0.29, 0.717) is 33.5 Å². The maximum atomic E-state index is 13.4. The van der Waals surface area contributed by atoms with Crippen LogP contribution in [0.15, 0.2) is 61.1 Å². The van der Waals surface area contributed by atoms with Crippen LogP contribution in [-0.4, -0.2) is 33.3 Å². The van der Waals surface area contributed by atoms with Gasteiger partial charge in [-0.05, 0) is 49.6 Å². The van der Waals surface area contributed by atoms with Crippen molar-refractivity contribution in [3.63, 3.8) is 0 Å². The van der Waals surface area contributed by atoms with Gasteiger partial charge in [0.05, 0.1) is 34.9 Å². The molecule has 0 saturated heterocycles. The third-order valence-corrected chi connectivity index (χ3v) is 7.56. The summed E-state index contributed by atoms with van der Waals surface area (Å²) in [6.45, 7) is 1.75. The first-order valence-corrected chi connectivity index (χ1v) is 13.8. The highest BCUT2D eigenvalue weighted by atomic mass is 32.2. The van der Waals surface area contributed by atoms with Gasteiger partial charge in [-0.15, -0.1) is 0 Å². The predicted molar refractivity (Wildman–Crippen MR) is 157 cm³/mol. The molecule has 2 heterocycles. The molecule has 5 N–H and O–H groups in total. The quantitative estimate of drug-likeness (QED) is 0.114. The number of nitrogen functional groups attached to an aromatic ring is 1. The van der Waals surface area contributed by atoms with E-state index in [4.69, 9.17) is 15.9 Å². The highest BCUT2D eigenvalue weighted by molar-refractivity contribution is 8.00. The van der Waals surface area contributed by atoms with Crippen molar-refractivity contribution in [1.82, 2.24) is 14.8 Å². The van der Waals surface area contributed by atoms with E-state index in [0.717, 1.165) is 12.8 Å². The van der Waals surface area contributed by atoms with Crippen LogP contribution in [0.5, 0.6) is 5.75 Å². The molecule has 1 aliphatic carbocycles. The lowest BCUT2D eigenvalue weighted by Crippen LogP contribution is -2.14. The summed E-state index contributed by atoms with van der Waals surface area (Å²) in [5, 5.41) is 26.2. The molecule has 0 bridgehead atoms. The Labute approximate surface area is 244 Å². The third kappa shape index (κ3) is 5.71. The van der Waals surface area contributed by atoms with E-state index in [1.165, 1.54) is 12.1 Å². The largest absolute Gasteiger partial charge is 0.484 e. The van der Waals surface area contributed by atoms with Gasteiger partial charge in [-0.2, -0.15) is 19.1 Å². The smallest absolute Gasteiger partial charge is 0.302 e. The van der Waals surface area contributed by atoms with Crippen molar-refractivity contribution in [2.75, 3.05) is 22.8 Å². The Morgan fingerprint density at radius 3 is 2.60 bits per heavy atom. The van der Waals surface area contributed by atoms with E-state index >= 15 is 0 Å². The average molecular weight is 593 g/mol. The molecule has 1 atom stereocenters. The van der Waals surface area contributed by atoms with Gasteiger partial charge in [0.2, 0.25) is 0 Å². The Morgan fingerprint density at radius 2 is 1.95 bits per heavy atom. The van der Waals surface area contributed by atoms with Gasteiger partial charge < -0.3 is 20.5 Å². The van der Waals surface area contributed by atoms with E-state index in [2.05, 4.69) is 26.2 Å². The fourth-order valence-electron chi connectivity index (χ4n) is 4.57. The number of aromatic nitrogens is 3. The highest BCUT2D eigenvalue weighted by Gasteiger charge is 2.46. The van der Waals surface area contributed by atoms with Crippen LogP contribution in [0.4, 0.5) is 30.4 Å². The number of ether oxygens (including phenoxy) is 1. The summed E-state index contributed by atoms with van der Waals surface area (Å²) >= 11 is 0.217. The minimum absolute atomic E-state index is 0.0154. The maximum absolute atomic E-state index is 13.4. The molecule has 0 aliphatic heterocycles. The van der Waals surface area contributed by atoms with E-state index in [1.54, 1.807) is 67.6 Å². The molecule has 5 rings (SSSR count). The van der Waals surface area contributed by atoms with Crippen molar-refractivity contribution in [3.05, 3.63) is 83.6 Å². The molecule has 2 aromatic heterocycles. The lowest BCUT2D eigenvalue weighted by atomic mass is 9.97. The zero-order valence-corrected chi connectivity index (χ0v) is 23.5. The molecule has 0 amide bonds. The standard InChI is InChI=1S/C29H27F3N8OS/c1-16(17-3-6-20(30)7-4-17)41-23-11-18(5-8-22(23)39-42-28(31)32)25(34)24-26(36-2)21(13-37-27(24)35)19-12-38-40(14-19)29(15-33)9-10-29/h3-8,11-14,16,28,34,39H,9-10H2,1-2H3,(H3,35,36,37). The van der Waals surface area contributed by atoms with Gasteiger partial charge in [0.1, 0.15) is 29.0 Å². The molecule has 0 radical (unpaired) electrons. The molecule has 216 valence electrons. The Kier molecular flexibility index (Phi) is 8.00. The van der Waals surface area contributed by atoms with E-state index in [9.17, 15) is 18.4 Å². The van der Waals surface area contributed by atoms with Gasteiger partial charge in [-0.3, -0.25) is 10.1 Å². The fraction of sp³-hybridized carbons (Fsp3) is 0.241. The third-order valence-electron chi connectivity index (χ3n) is 7.04. The molecule has 2 aromatic carbocycles. The van der Waals surface area contributed by atoms with Crippen LogP contribution in [0, 0.1) is 22.6 Å². The van der Waals surface area contributed by atoms with Crippen LogP contribution < -0.4 is 20.5 Å². The summed E-state index contributed by atoms with van der Waals surface area (Å²) in [7, 11) is 1.70. The molecule has 4 aromatic rings. The zero-order valence-electron chi connectivity index (χ0n) is 22.7. The van der Waals surface area contributed by atoms with Crippen molar-refractivity contribution < 1.29 is 17.9 Å². The number of anilines is 3. The second-order valence-electron chi connectivity index (χ2n) is 9.75. The Balaban J connectivity index is 1.51. The number of hydrogen-bond acceptors (Lipinski definition) is 9. The molecule has 1 unspecified atom stereocenters. The first kappa shape index (κ1) is 28.8. The van der Waals surface area contributed by atoms with E-state index < -0.39 is 23.2 Å². The van der Waals surface area contributed by atoms with Crippen molar-refractivity contribution in [1.29, 1.82) is 10.7 Å². The number of nitrogens with one attached hydrogen (secondary N) is 3. The number of nitriles is 1. The van der Waals surface area contributed by atoms with Gasteiger partial charge in [-0.1, -0.05) is 18.2 Å². The van der Waals surface area contributed by atoms with Crippen molar-refractivity contribution >= 4 is 34.9 Å². The molecule has 42 heavy (non-hydrogen) atoms. The highest BCUT2D eigenvalue weighted by Crippen LogP contribution is 2.44. The predicted octanol–water partition coefficient (Wildman–Crippen LogP) is 6.56. The molecule has 13 heteroatoms. The second kappa shape index (κ2) is 11.7. The van der Waals surface area contributed by atoms with Crippen molar-refractivity contribution in [2.45, 2.75) is 37.2 Å². The average Bonchev–Trinajstić information content (AvgIpc) is 3.63. The first-order chi connectivity index (χ1) is 20.2. The van der Waals surface area contributed by atoms with Crippen LogP contribution in [-0.2, 0) is 5.54 Å². The topological polar surface area (TPSA) is 138 Å². The Hall–Kier alpha value is -4.70. The molecule has 1 fully saturated rings. The number of nitrogens with zero attached hydrogens (tertiary/aromatic N) is 4. The monoisotopic (exact) mass is 592 g/mol. The number of halogens is 3. The Bertz CT molecular complexity index is 1660. The molecular weight excluding hydrogens is 565 g/mol. The van der Waals surface area contributed by atoms with Crippen LogP contribution in [0.1, 0.15) is 42.6 Å². The molecule has 1 saturated carbocycles. The van der Waals surface area contributed by atoms with Gasteiger partial charge in [0.15, 0.2) is 0 Å². The number of rotatable bonds is 11. The van der Waals surface area contributed by atoms with Crippen molar-refractivity contribution in [3.8, 4) is 22.9 Å². The minimum Gasteiger partial charge on any atom is -0.484 e. The normalized spacial score (nSPS) is 14.2. The van der Waals surface area contributed by atoms with Crippen LogP contribution in [0.2, 0.25) is 0 Å². The van der Waals surface area contributed by atoms with E-state index in [-0.39, 0.29) is 34.9 Å². The minimum atomic E-state index is -2.68. The zero-order chi connectivity index (χ0) is 30.0. The van der Waals surface area contributed by atoms with Crippen LogP contribution >= 0.6 is 11.9 Å². The van der Waals surface area contributed by atoms with Crippen LogP contribution in [0.25, 0.3) is 11.1 Å². The van der Waals surface area contributed by atoms with Gasteiger partial charge in [0.25, 0.3) is 0 Å². The summed E-state index contributed by atoms with van der Waals surface area (Å²) in [5.41, 5.74) is 9.21. The summed E-state index contributed by atoms with van der Waals surface area (Å²) < 4.78 is 49.8. The summed E-state index contributed by atoms with van der Waals surface area (Å²) in [6.07, 6.45) is 5.90. The summed E-state index contributed by atoms with van der Waals surface area (Å²) in [4.78, 5) is 4.34. The van der Waals surface area contributed by atoms with Gasteiger partial charge in [-0.25, -0.2) is 9.37 Å². The Morgan fingerprint density at radius 1 is 1.21 bits per heavy atom. The number of alkyl halides is 2. The van der Waals surface area contributed by atoms with Gasteiger partial charge >= 0.3 is 5.76 Å². The summed E-state index contributed by atoms with van der Waals surface area (Å²) in [5.74, 6) is -2.75. The maximum Gasteiger partial charge on any atom is 0.302 e. The van der Waals surface area contributed by atoms with Crippen molar-refractivity contribution in [2.24, 2.45) is 0 Å². The number of hydrogen-bond donors (Lipinski definition) is 4. The van der Waals surface area contributed by atoms with Crippen LogP contribution in [0.3, 0.4) is 0 Å². The lowest BCUT2D eigenvalue weighted by Gasteiger charge is -2.20. The van der Waals surface area contributed by atoms with E-state index in [1.807, 2.05) is 0 Å². The fourth-order valence-corrected chi connectivity index (χ4v) is 4.95. The molecule has 1 aliphatic rings. The number of nitrogens with two attached hydrogens (primary N) is 1. The number of pyridine rings is 1. The SMILES string of the molecule is CNc1c(-c2cnn(C3(C#N)CC3)c2)cnc(N)c1C(=N)c1ccc(NSC(F)F)c(OC(C)c2ccc(F)cc2)c1. The lowest BCUT2D eigenvalue weighted by molar-refractivity contribution is 0.228. The first-order valence-electron chi connectivity index (χ1n) is 12.9.